The van der Waals surface area contributed by atoms with Gasteiger partial charge in [-0.1, -0.05) is 30.3 Å². The van der Waals surface area contributed by atoms with Crippen LogP contribution in [0, 0.1) is 0 Å². The van der Waals surface area contributed by atoms with Crippen LogP contribution in [0.5, 0.6) is 17.2 Å². The zero-order valence-corrected chi connectivity index (χ0v) is 21.2. The van der Waals surface area contributed by atoms with Crippen molar-refractivity contribution in [1.29, 1.82) is 0 Å². The highest BCUT2D eigenvalue weighted by Gasteiger charge is 2.35. The third-order valence-electron chi connectivity index (χ3n) is 6.72. The van der Waals surface area contributed by atoms with E-state index in [2.05, 4.69) is 17.2 Å². The molecule has 7 nitrogen and oxygen atoms in total. The van der Waals surface area contributed by atoms with E-state index in [1.165, 1.54) is 0 Å². The van der Waals surface area contributed by atoms with Gasteiger partial charge in [-0.15, -0.1) is 6.58 Å². The normalized spacial score (nSPS) is 15.2. The van der Waals surface area contributed by atoms with Crippen LogP contribution in [0.15, 0.2) is 79.4 Å². The smallest absolute Gasteiger partial charge is 0.227 e. The van der Waals surface area contributed by atoms with Gasteiger partial charge >= 0.3 is 0 Å². The summed E-state index contributed by atoms with van der Waals surface area (Å²) in [5.41, 5.74) is 3.90. The van der Waals surface area contributed by atoms with Crippen LogP contribution in [-0.4, -0.2) is 42.8 Å². The van der Waals surface area contributed by atoms with E-state index < -0.39 is 0 Å². The van der Waals surface area contributed by atoms with Crippen molar-refractivity contribution in [2.75, 3.05) is 32.3 Å². The van der Waals surface area contributed by atoms with Crippen molar-refractivity contribution in [3.63, 3.8) is 0 Å². The number of hydrogen-bond acceptors (Lipinski definition) is 5. The Bertz CT molecular complexity index is 1430. The fraction of sp³-hybridized carbons (Fsp3) is 0.267. The van der Waals surface area contributed by atoms with Crippen molar-refractivity contribution >= 4 is 22.6 Å². The average molecular weight is 498 g/mol. The standard InChI is InChI=1S/C30H31N3O4/c1-4-8-21-13-14-27(28(17-21)36-3)37-16-15-32-26-12-6-5-11-25(26)31-30(32)22-18-29(34)33(20-22)23-9-7-10-24(19-23)35-2/h4-7,9-14,17,19,22H,1,8,15-16,18,20H2,2-3H3/t22-/m1/s1. The highest BCUT2D eigenvalue weighted by atomic mass is 16.5. The predicted molar refractivity (Wildman–Crippen MR) is 145 cm³/mol. The Morgan fingerprint density at radius 2 is 1.89 bits per heavy atom. The van der Waals surface area contributed by atoms with Crippen molar-refractivity contribution < 1.29 is 19.0 Å². The molecular formula is C30H31N3O4. The summed E-state index contributed by atoms with van der Waals surface area (Å²) >= 11 is 0. The summed E-state index contributed by atoms with van der Waals surface area (Å²) < 4.78 is 19.2. The van der Waals surface area contributed by atoms with Gasteiger partial charge in [0.1, 0.15) is 18.2 Å². The molecule has 37 heavy (non-hydrogen) atoms. The van der Waals surface area contributed by atoms with Crippen LogP contribution in [0.25, 0.3) is 11.0 Å². The Morgan fingerprint density at radius 1 is 1.03 bits per heavy atom. The fourth-order valence-electron chi connectivity index (χ4n) is 4.92. The lowest BCUT2D eigenvalue weighted by Crippen LogP contribution is -2.24. The van der Waals surface area contributed by atoms with Crippen molar-refractivity contribution in [3.05, 3.63) is 90.8 Å². The second kappa shape index (κ2) is 10.8. The van der Waals surface area contributed by atoms with E-state index >= 15 is 0 Å². The van der Waals surface area contributed by atoms with Gasteiger partial charge in [-0.25, -0.2) is 4.98 Å². The lowest BCUT2D eigenvalue weighted by Gasteiger charge is -2.18. The molecule has 1 atom stereocenters. The van der Waals surface area contributed by atoms with E-state index in [1.807, 2.05) is 71.6 Å². The Hall–Kier alpha value is -4.26. The van der Waals surface area contributed by atoms with E-state index in [0.29, 0.717) is 37.6 Å². The molecule has 0 unspecified atom stereocenters. The van der Waals surface area contributed by atoms with Gasteiger partial charge < -0.3 is 23.7 Å². The zero-order chi connectivity index (χ0) is 25.8. The van der Waals surface area contributed by atoms with Crippen molar-refractivity contribution in [1.82, 2.24) is 9.55 Å². The number of allylic oxidation sites excluding steroid dienone is 1. The minimum atomic E-state index is -0.0289. The summed E-state index contributed by atoms with van der Waals surface area (Å²) in [5.74, 6) is 3.08. The maximum atomic E-state index is 13.0. The number of fused-ring (bicyclic) bond motifs is 1. The molecule has 0 radical (unpaired) electrons. The first-order valence-electron chi connectivity index (χ1n) is 12.4. The molecule has 0 spiro atoms. The van der Waals surface area contributed by atoms with E-state index in [0.717, 1.165) is 40.3 Å². The monoisotopic (exact) mass is 497 g/mol. The van der Waals surface area contributed by atoms with Crippen molar-refractivity contribution in [2.45, 2.75) is 25.3 Å². The predicted octanol–water partition coefficient (Wildman–Crippen LogP) is 5.38. The zero-order valence-electron chi connectivity index (χ0n) is 21.2. The number of rotatable bonds is 10. The molecule has 0 saturated carbocycles. The number of nitrogens with zero attached hydrogens (tertiary/aromatic N) is 3. The SMILES string of the molecule is C=CCc1ccc(OCCn2c([C@@H]3CC(=O)N(c4cccc(OC)c4)C3)nc3ccccc32)c(OC)c1. The number of benzene rings is 3. The van der Waals surface area contributed by atoms with Crippen LogP contribution >= 0.6 is 0 Å². The molecule has 190 valence electrons. The Balaban J connectivity index is 1.37. The number of carbonyl (C=O) groups excluding carboxylic acids is 1. The molecule has 1 aliphatic heterocycles. The molecule has 0 aliphatic carbocycles. The molecule has 4 aromatic rings. The summed E-state index contributed by atoms with van der Waals surface area (Å²) in [6.45, 7) is 5.40. The molecule has 2 heterocycles. The van der Waals surface area contributed by atoms with Gasteiger partial charge in [-0.2, -0.15) is 0 Å². The topological polar surface area (TPSA) is 65.8 Å². The molecule has 1 aliphatic rings. The number of methoxy groups -OCH3 is 2. The van der Waals surface area contributed by atoms with Crippen LogP contribution in [0.4, 0.5) is 5.69 Å². The van der Waals surface area contributed by atoms with Gasteiger partial charge in [-0.3, -0.25) is 4.79 Å². The summed E-state index contributed by atoms with van der Waals surface area (Å²) in [4.78, 5) is 19.8. The Morgan fingerprint density at radius 3 is 2.70 bits per heavy atom. The number of ether oxygens (including phenoxy) is 3. The maximum absolute atomic E-state index is 13.0. The van der Waals surface area contributed by atoms with Gasteiger partial charge in [-0.05, 0) is 48.4 Å². The van der Waals surface area contributed by atoms with Crippen LogP contribution in [-0.2, 0) is 17.8 Å². The molecule has 0 bridgehead atoms. The lowest BCUT2D eigenvalue weighted by atomic mass is 10.1. The largest absolute Gasteiger partial charge is 0.497 e. The molecule has 7 heteroatoms. The summed E-state index contributed by atoms with van der Waals surface area (Å²) in [6, 6.07) is 21.6. The third kappa shape index (κ3) is 5.03. The van der Waals surface area contributed by atoms with E-state index in [1.54, 1.807) is 14.2 Å². The van der Waals surface area contributed by atoms with Gasteiger partial charge in [0, 0.05) is 30.6 Å². The Labute approximate surface area is 216 Å². The summed E-state index contributed by atoms with van der Waals surface area (Å²) in [5, 5.41) is 0. The van der Waals surface area contributed by atoms with E-state index in [-0.39, 0.29) is 11.8 Å². The molecule has 1 saturated heterocycles. The molecule has 0 N–H and O–H groups in total. The van der Waals surface area contributed by atoms with E-state index in [4.69, 9.17) is 19.2 Å². The maximum Gasteiger partial charge on any atom is 0.227 e. The second-order valence-electron chi connectivity index (χ2n) is 9.04. The number of para-hydroxylation sites is 2. The first kappa shape index (κ1) is 24.4. The lowest BCUT2D eigenvalue weighted by molar-refractivity contribution is -0.117. The van der Waals surface area contributed by atoms with Gasteiger partial charge in [0.2, 0.25) is 5.91 Å². The third-order valence-corrected chi connectivity index (χ3v) is 6.72. The molecule has 5 rings (SSSR count). The number of carbonyl (C=O) groups is 1. The molecule has 3 aromatic carbocycles. The fourth-order valence-corrected chi connectivity index (χ4v) is 4.92. The van der Waals surface area contributed by atoms with Crippen LogP contribution in [0.1, 0.15) is 23.7 Å². The molecule has 1 aromatic heterocycles. The average Bonchev–Trinajstić information content (AvgIpc) is 3.50. The number of hydrogen-bond donors (Lipinski definition) is 0. The quantitative estimate of drug-likeness (QED) is 0.275. The van der Waals surface area contributed by atoms with Crippen molar-refractivity contribution in [2.24, 2.45) is 0 Å². The number of imidazole rings is 1. The van der Waals surface area contributed by atoms with E-state index in [9.17, 15) is 4.79 Å². The highest BCUT2D eigenvalue weighted by Crippen LogP contribution is 2.34. The number of aromatic nitrogens is 2. The minimum absolute atomic E-state index is 0.0289. The van der Waals surface area contributed by atoms with Crippen LogP contribution in [0.2, 0.25) is 0 Å². The van der Waals surface area contributed by atoms with Gasteiger partial charge in [0.25, 0.3) is 0 Å². The first-order chi connectivity index (χ1) is 18.1. The molecular weight excluding hydrogens is 466 g/mol. The second-order valence-corrected chi connectivity index (χ2v) is 9.04. The Kier molecular flexibility index (Phi) is 7.12. The molecule has 1 fully saturated rings. The summed E-state index contributed by atoms with van der Waals surface area (Å²) in [6.07, 6.45) is 3.04. The van der Waals surface area contributed by atoms with Gasteiger partial charge in [0.05, 0.1) is 31.8 Å². The molecule has 1 amide bonds. The highest BCUT2D eigenvalue weighted by molar-refractivity contribution is 5.96. The number of anilines is 1. The first-order valence-corrected chi connectivity index (χ1v) is 12.4. The van der Waals surface area contributed by atoms with Gasteiger partial charge in [0.15, 0.2) is 11.5 Å². The summed E-state index contributed by atoms with van der Waals surface area (Å²) in [7, 11) is 3.27. The minimum Gasteiger partial charge on any atom is -0.497 e. The number of amides is 1. The van der Waals surface area contributed by atoms with Crippen LogP contribution < -0.4 is 19.1 Å². The van der Waals surface area contributed by atoms with Crippen molar-refractivity contribution in [3.8, 4) is 17.2 Å². The van der Waals surface area contributed by atoms with Crippen LogP contribution in [0.3, 0.4) is 0 Å².